The molecule has 0 saturated heterocycles. The summed E-state index contributed by atoms with van der Waals surface area (Å²) in [6.45, 7) is 8.73. The fourth-order valence-corrected chi connectivity index (χ4v) is 0. The maximum Gasteiger partial charge on any atom is 0.119 e. The maximum absolute atomic E-state index is 5.82. The van der Waals surface area contributed by atoms with Gasteiger partial charge >= 0.3 is 0 Å². The van der Waals surface area contributed by atoms with E-state index in [1.54, 1.807) is 0 Å². The van der Waals surface area contributed by atoms with Gasteiger partial charge in [-0.05, 0) is 5.54 Å². The molecular weight excluding hydrogens is 102 g/mol. The van der Waals surface area contributed by atoms with Crippen molar-refractivity contribution in [3.05, 3.63) is 0 Å². The summed E-state index contributed by atoms with van der Waals surface area (Å²) in [5.74, 6) is 0. The molecule has 0 aliphatic carbocycles. The average Bonchev–Trinajstić information content (AvgIpc) is 1.31. The molecule has 0 atom stereocenters. The lowest BCUT2D eigenvalue weighted by atomic mass is 10.6. The Hall–Kier alpha value is 0.177. The highest BCUT2D eigenvalue weighted by molar-refractivity contribution is 6.75. The van der Waals surface area contributed by atoms with Crippen LogP contribution in [0, 0.1) is 0 Å². The quantitative estimate of drug-likeness (QED) is 0.518. The van der Waals surface area contributed by atoms with Gasteiger partial charge in [-0.2, -0.15) is 0 Å². The molecule has 0 rings (SSSR count). The van der Waals surface area contributed by atoms with Crippen LogP contribution < -0.4 is 5.40 Å². The van der Waals surface area contributed by atoms with E-state index in [2.05, 4.69) is 26.9 Å². The van der Waals surface area contributed by atoms with Gasteiger partial charge < -0.3 is 5.40 Å². The van der Waals surface area contributed by atoms with Gasteiger partial charge in [0.1, 0.15) is 8.24 Å². The molecule has 2 N–H and O–H groups in total. The molecule has 7 heavy (non-hydrogen) atoms. The van der Waals surface area contributed by atoms with Gasteiger partial charge in [0.25, 0.3) is 0 Å². The van der Waals surface area contributed by atoms with Crippen molar-refractivity contribution in [2.24, 2.45) is 5.40 Å². The molecule has 0 saturated carbocycles. The van der Waals surface area contributed by atoms with Crippen LogP contribution in [0.25, 0.3) is 0 Å². The zero-order valence-electron chi connectivity index (χ0n) is 5.65. The molecule has 2 heteroatoms. The molecule has 0 amide bonds. The van der Waals surface area contributed by atoms with Crippen LogP contribution in [0.2, 0.25) is 18.6 Å². The molecule has 0 bridgehead atoms. The van der Waals surface area contributed by atoms with Crippen LogP contribution >= 0.6 is 0 Å². The van der Waals surface area contributed by atoms with Gasteiger partial charge in [0.05, 0.1) is 0 Å². The molecule has 0 aromatic carbocycles. The number of hydrogen-bond donors (Lipinski definition) is 1. The summed E-state index contributed by atoms with van der Waals surface area (Å²) in [7, 11) is -1.23. The fraction of sp³-hybridized carbons (Fsp3) is 1.00. The van der Waals surface area contributed by atoms with Crippen molar-refractivity contribution in [2.45, 2.75) is 32.5 Å². The average molecular weight is 117 g/mol. The zero-order valence-corrected chi connectivity index (χ0v) is 6.65. The van der Waals surface area contributed by atoms with Crippen LogP contribution in [0.15, 0.2) is 0 Å². The minimum Gasteiger partial charge on any atom is -0.351 e. The molecule has 0 aliphatic rings. The molecule has 0 spiro atoms. The lowest BCUT2D eigenvalue weighted by Gasteiger charge is -2.19. The van der Waals surface area contributed by atoms with Crippen molar-refractivity contribution in [1.82, 2.24) is 0 Å². The fourth-order valence-electron chi connectivity index (χ4n) is 0. The van der Waals surface area contributed by atoms with Crippen molar-refractivity contribution in [3.63, 3.8) is 0 Å². The molecule has 0 heterocycles. The van der Waals surface area contributed by atoms with Gasteiger partial charge in [-0.25, -0.2) is 0 Å². The highest BCUT2D eigenvalue weighted by Gasteiger charge is 2.17. The summed E-state index contributed by atoms with van der Waals surface area (Å²) in [6.07, 6.45) is 0. The van der Waals surface area contributed by atoms with Crippen molar-refractivity contribution < 1.29 is 0 Å². The predicted octanol–water partition coefficient (Wildman–Crippen LogP) is 1.56. The molecule has 1 nitrogen and oxygen atoms in total. The van der Waals surface area contributed by atoms with Crippen molar-refractivity contribution in [2.75, 3.05) is 0 Å². The lowest BCUT2D eigenvalue weighted by molar-refractivity contribution is 1.00. The van der Waals surface area contributed by atoms with E-state index < -0.39 is 8.24 Å². The van der Waals surface area contributed by atoms with Crippen LogP contribution in [0.1, 0.15) is 13.8 Å². The second kappa shape index (κ2) is 1.97. The molecule has 0 unspecified atom stereocenters. The van der Waals surface area contributed by atoms with E-state index >= 15 is 0 Å². The number of nitrogens with two attached hydrogens (primary N) is 1. The van der Waals surface area contributed by atoms with E-state index in [0.29, 0.717) is 5.54 Å². The summed E-state index contributed by atoms with van der Waals surface area (Å²) in [6, 6.07) is 0. The Labute approximate surface area is 47.0 Å². The predicted molar refractivity (Wildman–Crippen MR) is 36.8 cm³/mol. The highest BCUT2D eigenvalue weighted by atomic mass is 28.3. The van der Waals surface area contributed by atoms with Crippen LogP contribution in [0.4, 0.5) is 0 Å². The SMILES string of the molecule is CC(C)[Si](C)(C)N. The number of rotatable bonds is 1. The molecular formula is C5H15NSi. The van der Waals surface area contributed by atoms with Crippen LogP contribution in [-0.2, 0) is 0 Å². The summed E-state index contributed by atoms with van der Waals surface area (Å²) in [4.78, 5) is 0. The topological polar surface area (TPSA) is 26.0 Å². The Kier molecular flexibility index (Phi) is 2.02. The second-order valence-electron chi connectivity index (χ2n) is 2.98. The van der Waals surface area contributed by atoms with E-state index in [1.165, 1.54) is 0 Å². The maximum atomic E-state index is 5.82. The minimum atomic E-state index is -1.23. The van der Waals surface area contributed by atoms with Gasteiger partial charge in [-0.3, -0.25) is 0 Å². The van der Waals surface area contributed by atoms with Crippen molar-refractivity contribution in [1.29, 1.82) is 0 Å². The van der Waals surface area contributed by atoms with E-state index in [0.717, 1.165) is 0 Å². The number of hydrogen-bond acceptors (Lipinski definition) is 1. The smallest absolute Gasteiger partial charge is 0.119 e. The summed E-state index contributed by atoms with van der Waals surface area (Å²) >= 11 is 0. The molecule has 0 aromatic rings. The third-order valence-electron chi connectivity index (χ3n) is 1.49. The molecule has 0 radical (unpaired) electrons. The third kappa shape index (κ3) is 2.82. The Morgan fingerprint density at radius 1 is 1.29 bits per heavy atom. The monoisotopic (exact) mass is 117 g/mol. The summed E-state index contributed by atoms with van der Waals surface area (Å²) in [5.41, 5.74) is 0.715. The van der Waals surface area contributed by atoms with Crippen LogP contribution in [0.3, 0.4) is 0 Å². The summed E-state index contributed by atoms with van der Waals surface area (Å²) in [5, 5.41) is 5.82. The van der Waals surface area contributed by atoms with Crippen molar-refractivity contribution in [3.8, 4) is 0 Å². The highest BCUT2D eigenvalue weighted by Crippen LogP contribution is 2.12. The Morgan fingerprint density at radius 3 is 1.43 bits per heavy atom. The second-order valence-corrected chi connectivity index (χ2v) is 7.77. The van der Waals surface area contributed by atoms with Crippen molar-refractivity contribution >= 4 is 8.24 Å². The Morgan fingerprint density at radius 2 is 1.43 bits per heavy atom. The van der Waals surface area contributed by atoms with E-state index in [9.17, 15) is 0 Å². The molecule has 0 fully saturated rings. The first-order chi connectivity index (χ1) is 2.94. The first-order valence-corrected chi connectivity index (χ1v) is 5.89. The van der Waals surface area contributed by atoms with E-state index in [1.807, 2.05) is 0 Å². The van der Waals surface area contributed by atoms with Gasteiger partial charge in [0, 0.05) is 0 Å². The van der Waals surface area contributed by atoms with Gasteiger partial charge in [-0.1, -0.05) is 26.9 Å². The minimum absolute atomic E-state index is 0.715. The van der Waals surface area contributed by atoms with E-state index in [4.69, 9.17) is 5.40 Å². The molecule has 0 aliphatic heterocycles. The van der Waals surface area contributed by atoms with Gasteiger partial charge in [0.15, 0.2) is 0 Å². The summed E-state index contributed by atoms with van der Waals surface area (Å²) < 4.78 is 0. The van der Waals surface area contributed by atoms with Crippen LogP contribution in [-0.4, -0.2) is 8.24 Å². The first-order valence-electron chi connectivity index (χ1n) is 2.73. The van der Waals surface area contributed by atoms with Crippen LogP contribution in [0.5, 0.6) is 0 Å². The molecule has 44 valence electrons. The lowest BCUT2D eigenvalue weighted by Crippen LogP contribution is -2.41. The molecule has 0 aromatic heterocycles. The normalized spacial score (nSPS) is 12.9. The first kappa shape index (κ1) is 7.18. The van der Waals surface area contributed by atoms with Gasteiger partial charge in [0.2, 0.25) is 0 Å². The third-order valence-corrected chi connectivity index (χ3v) is 4.46. The van der Waals surface area contributed by atoms with E-state index in [-0.39, 0.29) is 0 Å². The zero-order chi connectivity index (χ0) is 6.08. The largest absolute Gasteiger partial charge is 0.351 e. The van der Waals surface area contributed by atoms with Gasteiger partial charge in [-0.15, -0.1) is 0 Å². The Balaban J connectivity index is 3.54. The Bertz CT molecular complexity index is 53.6. The standard InChI is InChI=1S/C5H15NSi/c1-5(2)7(3,4)6/h5H,6H2,1-4H3.